The van der Waals surface area contributed by atoms with Gasteiger partial charge in [0.15, 0.2) is 5.69 Å². The van der Waals surface area contributed by atoms with Crippen molar-refractivity contribution in [2.75, 3.05) is 5.73 Å². The van der Waals surface area contributed by atoms with Crippen LogP contribution >= 0.6 is 0 Å². The second-order valence-corrected chi connectivity index (χ2v) is 4.39. The second-order valence-electron chi connectivity index (χ2n) is 4.39. The van der Waals surface area contributed by atoms with Crippen LogP contribution < -0.4 is 11.1 Å². The largest absolute Gasteiger partial charge is 0.384 e. The molecule has 0 bridgehead atoms. The van der Waals surface area contributed by atoms with E-state index in [4.69, 9.17) is 5.73 Å². The standard InChI is InChI=1S/C11H18N4O/c1-15-10(12)7-9(14-15)11(16)13-8-5-3-2-4-6-8/h7-8H,2-6,12H2,1H3,(H,13,16). The van der Waals surface area contributed by atoms with E-state index in [9.17, 15) is 4.79 Å². The number of anilines is 1. The molecule has 1 aromatic heterocycles. The van der Waals surface area contributed by atoms with Crippen LogP contribution in [0.2, 0.25) is 0 Å². The van der Waals surface area contributed by atoms with Crippen molar-refractivity contribution in [2.45, 2.75) is 38.1 Å². The molecule has 1 saturated carbocycles. The lowest BCUT2D eigenvalue weighted by Gasteiger charge is -2.22. The maximum absolute atomic E-state index is 11.8. The van der Waals surface area contributed by atoms with Gasteiger partial charge in [-0.2, -0.15) is 5.10 Å². The molecule has 88 valence electrons. The van der Waals surface area contributed by atoms with Gasteiger partial charge in [-0.15, -0.1) is 0 Å². The van der Waals surface area contributed by atoms with Gasteiger partial charge in [0.1, 0.15) is 5.82 Å². The molecule has 1 aliphatic rings. The molecule has 0 aliphatic heterocycles. The van der Waals surface area contributed by atoms with Gasteiger partial charge < -0.3 is 11.1 Å². The molecule has 1 aliphatic carbocycles. The van der Waals surface area contributed by atoms with Crippen molar-refractivity contribution in [3.63, 3.8) is 0 Å². The first-order chi connectivity index (χ1) is 7.66. The average Bonchev–Trinajstić information content (AvgIpc) is 2.61. The fraction of sp³-hybridized carbons (Fsp3) is 0.636. The lowest BCUT2D eigenvalue weighted by Crippen LogP contribution is -2.36. The van der Waals surface area contributed by atoms with Crippen molar-refractivity contribution in [3.8, 4) is 0 Å². The number of nitrogens with one attached hydrogen (secondary N) is 1. The Balaban J connectivity index is 1.96. The highest BCUT2D eigenvalue weighted by atomic mass is 16.2. The molecule has 2 rings (SSSR count). The molecule has 0 unspecified atom stereocenters. The molecule has 0 spiro atoms. The minimum Gasteiger partial charge on any atom is -0.384 e. The topological polar surface area (TPSA) is 72.9 Å². The van der Waals surface area contributed by atoms with Crippen LogP contribution in [0.25, 0.3) is 0 Å². The van der Waals surface area contributed by atoms with Crippen LogP contribution in [0.5, 0.6) is 0 Å². The maximum atomic E-state index is 11.8. The molecule has 0 aromatic carbocycles. The van der Waals surface area contributed by atoms with Crippen molar-refractivity contribution >= 4 is 11.7 Å². The van der Waals surface area contributed by atoms with E-state index in [1.165, 1.54) is 23.9 Å². The molecule has 5 heteroatoms. The van der Waals surface area contributed by atoms with Crippen LogP contribution in [0.15, 0.2) is 6.07 Å². The lowest BCUT2D eigenvalue weighted by molar-refractivity contribution is 0.0922. The van der Waals surface area contributed by atoms with Crippen LogP contribution in [0.3, 0.4) is 0 Å². The number of hydrogen-bond acceptors (Lipinski definition) is 3. The van der Waals surface area contributed by atoms with Gasteiger partial charge in [0.05, 0.1) is 0 Å². The van der Waals surface area contributed by atoms with Crippen LogP contribution in [0, 0.1) is 0 Å². The van der Waals surface area contributed by atoms with E-state index in [-0.39, 0.29) is 5.91 Å². The van der Waals surface area contributed by atoms with Crippen LogP contribution in [-0.2, 0) is 7.05 Å². The molecule has 1 heterocycles. The molecule has 0 atom stereocenters. The predicted molar refractivity (Wildman–Crippen MR) is 62.0 cm³/mol. The Morgan fingerprint density at radius 1 is 1.50 bits per heavy atom. The molecule has 3 N–H and O–H groups in total. The molecule has 5 nitrogen and oxygen atoms in total. The zero-order chi connectivity index (χ0) is 11.5. The fourth-order valence-corrected chi connectivity index (χ4v) is 2.10. The molecule has 1 fully saturated rings. The van der Waals surface area contributed by atoms with Gasteiger partial charge in [-0.25, -0.2) is 0 Å². The number of nitrogens with two attached hydrogens (primary N) is 1. The third kappa shape index (κ3) is 2.35. The summed E-state index contributed by atoms with van der Waals surface area (Å²) in [5.41, 5.74) is 6.04. The maximum Gasteiger partial charge on any atom is 0.272 e. The number of aromatic nitrogens is 2. The van der Waals surface area contributed by atoms with E-state index >= 15 is 0 Å². The first-order valence-electron chi connectivity index (χ1n) is 5.77. The number of carbonyl (C=O) groups excluding carboxylic acids is 1. The van der Waals surface area contributed by atoms with E-state index in [2.05, 4.69) is 10.4 Å². The highest BCUT2D eigenvalue weighted by Crippen LogP contribution is 2.17. The highest BCUT2D eigenvalue weighted by Gasteiger charge is 2.18. The van der Waals surface area contributed by atoms with E-state index in [1.807, 2.05) is 0 Å². The number of carbonyl (C=O) groups is 1. The number of rotatable bonds is 2. The zero-order valence-electron chi connectivity index (χ0n) is 9.57. The summed E-state index contributed by atoms with van der Waals surface area (Å²) in [5.74, 6) is 0.396. The summed E-state index contributed by atoms with van der Waals surface area (Å²) in [6, 6.07) is 1.92. The molecule has 1 aromatic rings. The van der Waals surface area contributed by atoms with Gasteiger partial charge in [0, 0.05) is 19.2 Å². The summed E-state index contributed by atoms with van der Waals surface area (Å²) in [6.45, 7) is 0. The van der Waals surface area contributed by atoms with Crippen LogP contribution in [0.1, 0.15) is 42.6 Å². The minimum absolute atomic E-state index is 0.112. The van der Waals surface area contributed by atoms with Gasteiger partial charge in [-0.3, -0.25) is 9.48 Å². The van der Waals surface area contributed by atoms with E-state index in [1.54, 1.807) is 13.1 Å². The quantitative estimate of drug-likeness (QED) is 0.786. The Morgan fingerprint density at radius 3 is 2.75 bits per heavy atom. The van der Waals surface area contributed by atoms with Crippen molar-refractivity contribution in [1.29, 1.82) is 0 Å². The summed E-state index contributed by atoms with van der Waals surface area (Å²) in [6.07, 6.45) is 5.84. The Kier molecular flexibility index (Phi) is 3.12. The zero-order valence-corrected chi connectivity index (χ0v) is 9.57. The fourth-order valence-electron chi connectivity index (χ4n) is 2.10. The van der Waals surface area contributed by atoms with Crippen LogP contribution in [-0.4, -0.2) is 21.7 Å². The first-order valence-corrected chi connectivity index (χ1v) is 5.77. The minimum atomic E-state index is -0.112. The summed E-state index contributed by atoms with van der Waals surface area (Å²) in [7, 11) is 1.73. The van der Waals surface area contributed by atoms with Gasteiger partial charge in [0.25, 0.3) is 5.91 Å². The smallest absolute Gasteiger partial charge is 0.272 e. The lowest BCUT2D eigenvalue weighted by atomic mass is 9.95. The third-order valence-electron chi connectivity index (χ3n) is 3.09. The van der Waals surface area contributed by atoms with Gasteiger partial charge >= 0.3 is 0 Å². The van der Waals surface area contributed by atoms with Gasteiger partial charge in [0.2, 0.25) is 0 Å². The Labute approximate surface area is 95.0 Å². The van der Waals surface area contributed by atoms with Crippen molar-refractivity contribution in [3.05, 3.63) is 11.8 Å². The number of nitrogens with zero attached hydrogens (tertiary/aromatic N) is 2. The number of hydrogen-bond donors (Lipinski definition) is 2. The summed E-state index contributed by atoms with van der Waals surface area (Å²) in [5, 5.41) is 7.06. The molecule has 0 saturated heterocycles. The van der Waals surface area contributed by atoms with Crippen molar-refractivity contribution < 1.29 is 4.79 Å². The summed E-state index contributed by atoms with van der Waals surface area (Å²) in [4.78, 5) is 11.8. The predicted octanol–water partition coefficient (Wildman–Crippen LogP) is 1.06. The Bertz CT molecular complexity index is 360. The number of aryl methyl sites for hydroxylation is 1. The van der Waals surface area contributed by atoms with Crippen molar-refractivity contribution in [2.24, 2.45) is 7.05 Å². The monoisotopic (exact) mass is 222 g/mol. The van der Waals surface area contributed by atoms with Crippen LogP contribution in [0.4, 0.5) is 5.82 Å². The van der Waals surface area contributed by atoms with Gasteiger partial charge in [-0.1, -0.05) is 19.3 Å². The summed E-state index contributed by atoms with van der Waals surface area (Å²) >= 11 is 0. The van der Waals surface area contributed by atoms with Crippen molar-refractivity contribution in [1.82, 2.24) is 15.1 Å². The molecule has 1 amide bonds. The highest BCUT2D eigenvalue weighted by molar-refractivity contribution is 5.93. The Morgan fingerprint density at radius 2 is 2.19 bits per heavy atom. The van der Waals surface area contributed by atoms with E-state index in [0.29, 0.717) is 17.6 Å². The average molecular weight is 222 g/mol. The first kappa shape index (κ1) is 11.0. The molecule has 16 heavy (non-hydrogen) atoms. The summed E-state index contributed by atoms with van der Waals surface area (Å²) < 4.78 is 1.51. The SMILES string of the molecule is Cn1nc(C(=O)NC2CCCCC2)cc1N. The van der Waals surface area contributed by atoms with E-state index < -0.39 is 0 Å². The normalized spacial score (nSPS) is 17.3. The van der Waals surface area contributed by atoms with Gasteiger partial charge in [-0.05, 0) is 12.8 Å². The molecule has 0 radical (unpaired) electrons. The molecular weight excluding hydrogens is 204 g/mol. The van der Waals surface area contributed by atoms with E-state index in [0.717, 1.165) is 12.8 Å². The number of amides is 1. The third-order valence-corrected chi connectivity index (χ3v) is 3.09. The molecular formula is C11H18N4O. The Hall–Kier alpha value is -1.52. The number of nitrogen functional groups attached to an aromatic ring is 1. The second kappa shape index (κ2) is 4.55.